The Hall–Kier alpha value is -1.68. The SMILES string of the molecule is NCc1cccc(-c2nc(-c3cccc(Cl)c3)cs2)c1. The maximum absolute atomic E-state index is 6.02. The zero-order chi connectivity index (χ0) is 13.9. The van der Waals surface area contributed by atoms with Gasteiger partial charge in [-0.1, -0.05) is 41.9 Å². The summed E-state index contributed by atoms with van der Waals surface area (Å²) in [4.78, 5) is 4.69. The van der Waals surface area contributed by atoms with Crippen molar-refractivity contribution in [1.82, 2.24) is 4.98 Å². The second-order valence-electron chi connectivity index (χ2n) is 4.45. The van der Waals surface area contributed by atoms with Crippen molar-refractivity contribution in [3.63, 3.8) is 0 Å². The summed E-state index contributed by atoms with van der Waals surface area (Å²) in [7, 11) is 0. The number of nitrogens with zero attached hydrogens (tertiary/aromatic N) is 1. The van der Waals surface area contributed by atoms with E-state index in [1.807, 2.05) is 36.4 Å². The number of rotatable bonds is 3. The molecule has 100 valence electrons. The van der Waals surface area contributed by atoms with Gasteiger partial charge in [0.25, 0.3) is 0 Å². The van der Waals surface area contributed by atoms with Crippen LogP contribution in [0.4, 0.5) is 0 Å². The highest BCUT2D eigenvalue weighted by molar-refractivity contribution is 7.13. The molecule has 0 spiro atoms. The van der Waals surface area contributed by atoms with E-state index in [9.17, 15) is 0 Å². The lowest BCUT2D eigenvalue weighted by Gasteiger charge is -2.00. The summed E-state index contributed by atoms with van der Waals surface area (Å²) in [5.74, 6) is 0. The van der Waals surface area contributed by atoms with Crippen molar-refractivity contribution in [2.45, 2.75) is 6.54 Å². The van der Waals surface area contributed by atoms with Crippen molar-refractivity contribution in [1.29, 1.82) is 0 Å². The second kappa shape index (κ2) is 5.75. The van der Waals surface area contributed by atoms with Gasteiger partial charge < -0.3 is 5.73 Å². The van der Waals surface area contributed by atoms with Crippen molar-refractivity contribution in [3.05, 3.63) is 64.5 Å². The van der Waals surface area contributed by atoms with E-state index in [1.165, 1.54) is 0 Å². The number of nitrogens with two attached hydrogens (primary N) is 1. The van der Waals surface area contributed by atoms with Gasteiger partial charge in [-0.25, -0.2) is 4.98 Å². The molecule has 0 saturated carbocycles. The summed E-state index contributed by atoms with van der Waals surface area (Å²) in [5.41, 5.74) is 9.88. The van der Waals surface area contributed by atoms with Crippen molar-refractivity contribution >= 4 is 22.9 Å². The lowest BCUT2D eigenvalue weighted by atomic mass is 10.1. The highest BCUT2D eigenvalue weighted by Crippen LogP contribution is 2.30. The fraction of sp³-hybridized carbons (Fsp3) is 0.0625. The molecule has 0 atom stereocenters. The van der Waals surface area contributed by atoms with Crippen molar-refractivity contribution in [2.75, 3.05) is 0 Å². The maximum Gasteiger partial charge on any atom is 0.124 e. The van der Waals surface area contributed by atoms with Crippen LogP contribution >= 0.6 is 22.9 Å². The Balaban J connectivity index is 1.97. The molecule has 0 unspecified atom stereocenters. The van der Waals surface area contributed by atoms with E-state index < -0.39 is 0 Å². The molecule has 1 aromatic heterocycles. The van der Waals surface area contributed by atoms with E-state index in [4.69, 9.17) is 17.3 Å². The molecule has 0 saturated heterocycles. The van der Waals surface area contributed by atoms with E-state index >= 15 is 0 Å². The van der Waals surface area contributed by atoms with Gasteiger partial charge in [0.15, 0.2) is 0 Å². The van der Waals surface area contributed by atoms with Gasteiger partial charge in [-0.15, -0.1) is 11.3 Å². The fourth-order valence-electron chi connectivity index (χ4n) is 2.02. The first-order valence-electron chi connectivity index (χ1n) is 6.27. The molecule has 0 aliphatic rings. The molecule has 0 aliphatic carbocycles. The summed E-state index contributed by atoms with van der Waals surface area (Å²) in [6.07, 6.45) is 0. The molecule has 2 aromatic carbocycles. The van der Waals surface area contributed by atoms with Crippen LogP contribution in [0.3, 0.4) is 0 Å². The van der Waals surface area contributed by atoms with E-state index in [0.717, 1.165) is 32.4 Å². The number of aromatic nitrogens is 1. The summed E-state index contributed by atoms with van der Waals surface area (Å²) in [6.45, 7) is 0.542. The minimum atomic E-state index is 0.542. The van der Waals surface area contributed by atoms with Gasteiger partial charge in [-0.2, -0.15) is 0 Å². The number of hydrogen-bond donors (Lipinski definition) is 1. The van der Waals surface area contributed by atoms with Gasteiger partial charge in [0.05, 0.1) is 5.69 Å². The average molecular weight is 301 g/mol. The van der Waals surface area contributed by atoms with Crippen molar-refractivity contribution in [3.8, 4) is 21.8 Å². The van der Waals surface area contributed by atoms with Crippen LogP contribution in [0.1, 0.15) is 5.56 Å². The molecule has 3 aromatic rings. The molecular formula is C16H13ClN2S. The second-order valence-corrected chi connectivity index (χ2v) is 5.75. The molecule has 0 fully saturated rings. The molecular weight excluding hydrogens is 288 g/mol. The number of halogens is 1. The van der Waals surface area contributed by atoms with Crippen LogP contribution in [0.15, 0.2) is 53.9 Å². The summed E-state index contributed by atoms with van der Waals surface area (Å²) in [6, 6.07) is 15.9. The molecule has 4 heteroatoms. The first-order chi connectivity index (χ1) is 9.76. The topological polar surface area (TPSA) is 38.9 Å². The van der Waals surface area contributed by atoms with Crippen LogP contribution in [0.25, 0.3) is 21.8 Å². The van der Waals surface area contributed by atoms with Crippen LogP contribution in [0.2, 0.25) is 5.02 Å². The van der Waals surface area contributed by atoms with E-state index in [-0.39, 0.29) is 0 Å². The predicted octanol–water partition coefficient (Wildman–Crippen LogP) is 4.59. The average Bonchev–Trinajstić information content (AvgIpc) is 2.97. The van der Waals surface area contributed by atoms with Crippen LogP contribution in [0, 0.1) is 0 Å². The zero-order valence-corrected chi connectivity index (χ0v) is 12.3. The third-order valence-corrected chi connectivity index (χ3v) is 4.16. The lowest BCUT2D eigenvalue weighted by Crippen LogP contribution is -1.95. The predicted molar refractivity (Wildman–Crippen MR) is 85.9 cm³/mol. The third kappa shape index (κ3) is 2.75. The Morgan fingerprint density at radius 3 is 2.65 bits per heavy atom. The Morgan fingerprint density at radius 1 is 1.05 bits per heavy atom. The lowest BCUT2D eigenvalue weighted by molar-refractivity contribution is 1.07. The number of thiazole rings is 1. The van der Waals surface area contributed by atoms with Crippen LogP contribution in [0.5, 0.6) is 0 Å². The maximum atomic E-state index is 6.02. The molecule has 3 rings (SSSR count). The number of hydrogen-bond acceptors (Lipinski definition) is 3. The highest BCUT2D eigenvalue weighted by atomic mass is 35.5. The number of benzene rings is 2. The van der Waals surface area contributed by atoms with Gasteiger partial charge >= 0.3 is 0 Å². The van der Waals surface area contributed by atoms with E-state index in [0.29, 0.717) is 6.54 Å². The largest absolute Gasteiger partial charge is 0.326 e. The zero-order valence-electron chi connectivity index (χ0n) is 10.7. The van der Waals surface area contributed by atoms with Gasteiger partial charge in [-0.3, -0.25) is 0 Å². The van der Waals surface area contributed by atoms with Crippen molar-refractivity contribution in [2.24, 2.45) is 5.73 Å². The monoisotopic (exact) mass is 300 g/mol. The molecule has 20 heavy (non-hydrogen) atoms. The van der Waals surface area contributed by atoms with Crippen LogP contribution in [-0.4, -0.2) is 4.98 Å². The minimum absolute atomic E-state index is 0.542. The summed E-state index contributed by atoms with van der Waals surface area (Å²) < 4.78 is 0. The third-order valence-electron chi connectivity index (χ3n) is 3.03. The fourth-order valence-corrected chi connectivity index (χ4v) is 3.03. The standard InChI is InChI=1S/C16H13ClN2S/c17-14-6-2-4-12(8-14)15-10-20-16(19-15)13-5-1-3-11(7-13)9-18/h1-8,10H,9,18H2. The van der Waals surface area contributed by atoms with Crippen LogP contribution < -0.4 is 5.73 Å². The Kier molecular flexibility index (Phi) is 3.83. The Labute approximate surface area is 126 Å². The highest BCUT2D eigenvalue weighted by Gasteiger charge is 2.07. The summed E-state index contributed by atoms with van der Waals surface area (Å²) in [5, 5.41) is 3.77. The molecule has 1 heterocycles. The first kappa shape index (κ1) is 13.3. The van der Waals surface area contributed by atoms with Crippen LogP contribution in [-0.2, 0) is 6.54 Å². The molecule has 0 radical (unpaired) electrons. The summed E-state index contributed by atoms with van der Waals surface area (Å²) >= 11 is 7.65. The first-order valence-corrected chi connectivity index (χ1v) is 7.53. The molecule has 2 nitrogen and oxygen atoms in total. The molecule has 0 amide bonds. The normalized spacial score (nSPS) is 10.7. The minimum Gasteiger partial charge on any atom is -0.326 e. The smallest absolute Gasteiger partial charge is 0.124 e. The Bertz CT molecular complexity index is 737. The van der Waals surface area contributed by atoms with Gasteiger partial charge in [0.1, 0.15) is 5.01 Å². The van der Waals surface area contributed by atoms with E-state index in [2.05, 4.69) is 22.5 Å². The molecule has 0 bridgehead atoms. The Morgan fingerprint density at radius 2 is 1.85 bits per heavy atom. The molecule has 2 N–H and O–H groups in total. The van der Waals surface area contributed by atoms with Gasteiger partial charge in [-0.05, 0) is 23.8 Å². The van der Waals surface area contributed by atoms with Gasteiger partial charge in [0, 0.05) is 28.1 Å². The quantitative estimate of drug-likeness (QED) is 0.768. The van der Waals surface area contributed by atoms with Crippen molar-refractivity contribution < 1.29 is 0 Å². The van der Waals surface area contributed by atoms with E-state index in [1.54, 1.807) is 11.3 Å². The molecule has 0 aliphatic heterocycles. The van der Waals surface area contributed by atoms with Gasteiger partial charge in [0.2, 0.25) is 0 Å².